The van der Waals surface area contributed by atoms with Crippen LogP contribution in [0.3, 0.4) is 0 Å². The Morgan fingerprint density at radius 1 is 0.800 bits per heavy atom. The molecule has 1 fully saturated rings. The van der Waals surface area contributed by atoms with Crippen molar-refractivity contribution in [2.45, 2.75) is 122 Å². The van der Waals surface area contributed by atoms with Crippen LogP contribution in [-0.2, 0) is 19.1 Å². The van der Waals surface area contributed by atoms with Crippen molar-refractivity contribution in [3.63, 3.8) is 0 Å². The second kappa shape index (κ2) is 17.3. The van der Waals surface area contributed by atoms with Gasteiger partial charge in [0.1, 0.15) is 12.2 Å². The summed E-state index contributed by atoms with van der Waals surface area (Å²) in [6.45, 7) is 4.35. The van der Waals surface area contributed by atoms with Crippen LogP contribution in [0.1, 0.15) is 110 Å². The lowest BCUT2D eigenvalue weighted by atomic mass is 9.85. The van der Waals surface area contributed by atoms with Gasteiger partial charge in [0.05, 0.1) is 6.61 Å². The highest BCUT2D eigenvalue weighted by Crippen LogP contribution is 2.30. The summed E-state index contributed by atoms with van der Waals surface area (Å²) in [5.74, 6) is -0.131. The molecule has 174 valence electrons. The number of ether oxygens (including phenoxy) is 2. The van der Waals surface area contributed by atoms with Crippen molar-refractivity contribution in [1.82, 2.24) is 0 Å². The molecule has 1 saturated carbocycles. The van der Waals surface area contributed by atoms with Crippen LogP contribution in [0.4, 0.5) is 0 Å². The third-order valence-electron chi connectivity index (χ3n) is 5.82. The van der Waals surface area contributed by atoms with E-state index in [1.165, 1.54) is 25.7 Å². The maximum atomic E-state index is 12.3. The van der Waals surface area contributed by atoms with Gasteiger partial charge in [-0.05, 0) is 38.0 Å². The first-order valence-electron chi connectivity index (χ1n) is 12.3. The van der Waals surface area contributed by atoms with Crippen LogP contribution in [0.15, 0.2) is 12.2 Å². The van der Waals surface area contributed by atoms with E-state index < -0.39 is 0 Å². The Balaban J connectivity index is 2.50. The highest BCUT2D eigenvalue weighted by Gasteiger charge is 2.34. The summed E-state index contributed by atoms with van der Waals surface area (Å²) in [6.07, 6.45) is 16.9. The molecule has 1 rings (SSSR count). The van der Waals surface area contributed by atoms with E-state index in [1.54, 1.807) is 6.08 Å². The fraction of sp³-hybridized carbons (Fsp3) is 0.840. The number of rotatable bonds is 16. The molecule has 0 saturated heterocycles. The molecule has 1 unspecified atom stereocenters. The van der Waals surface area contributed by atoms with Gasteiger partial charge >= 0.3 is 11.9 Å². The molecule has 1 aliphatic rings. The molecule has 5 nitrogen and oxygen atoms in total. The van der Waals surface area contributed by atoms with Crippen LogP contribution >= 0.6 is 0 Å². The summed E-state index contributed by atoms with van der Waals surface area (Å²) >= 11 is 0. The fourth-order valence-corrected chi connectivity index (χ4v) is 4.02. The van der Waals surface area contributed by atoms with Gasteiger partial charge in [-0.25, -0.2) is 0 Å². The first-order chi connectivity index (χ1) is 14.6. The molecule has 0 aromatic carbocycles. The number of hydrogen-bond donors (Lipinski definition) is 1. The van der Waals surface area contributed by atoms with Crippen LogP contribution in [-0.4, -0.2) is 35.9 Å². The van der Waals surface area contributed by atoms with Gasteiger partial charge < -0.3 is 14.6 Å². The van der Waals surface area contributed by atoms with Crippen LogP contribution < -0.4 is 0 Å². The van der Waals surface area contributed by atoms with Crippen molar-refractivity contribution >= 4 is 11.9 Å². The van der Waals surface area contributed by atoms with Crippen molar-refractivity contribution in [1.29, 1.82) is 0 Å². The molecule has 1 N–H and O–H groups in total. The zero-order valence-corrected chi connectivity index (χ0v) is 19.3. The average molecular weight is 425 g/mol. The molecule has 0 aliphatic heterocycles. The number of unbranched alkanes of at least 4 members (excludes halogenated alkanes) is 8. The van der Waals surface area contributed by atoms with Gasteiger partial charge in [0.15, 0.2) is 0 Å². The lowest BCUT2D eigenvalue weighted by Crippen LogP contribution is -2.40. The molecule has 0 spiro atoms. The predicted molar refractivity (Wildman–Crippen MR) is 120 cm³/mol. The van der Waals surface area contributed by atoms with Crippen molar-refractivity contribution in [2.24, 2.45) is 5.92 Å². The zero-order chi connectivity index (χ0) is 22.0. The second-order valence-electron chi connectivity index (χ2n) is 8.57. The van der Waals surface area contributed by atoms with Gasteiger partial charge in [-0.15, -0.1) is 0 Å². The third-order valence-corrected chi connectivity index (χ3v) is 5.82. The highest BCUT2D eigenvalue weighted by atomic mass is 16.6. The van der Waals surface area contributed by atoms with Crippen LogP contribution in [0.25, 0.3) is 0 Å². The second-order valence-corrected chi connectivity index (χ2v) is 8.57. The van der Waals surface area contributed by atoms with Gasteiger partial charge in [0, 0.05) is 12.8 Å². The molecule has 0 aromatic heterocycles. The zero-order valence-electron chi connectivity index (χ0n) is 19.3. The van der Waals surface area contributed by atoms with Crippen molar-refractivity contribution in [2.75, 3.05) is 6.61 Å². The first kappa shape index (κ1) is 26.7. The minimum Gasteiger partial charge on any atom is -0.458 e. The average Bonchev–Trinajstić information content (AvgIpc) is 2.73. The fourth-order valence-electron chi connectivity index (χ4n) is 4.02. The Morgan fingerprint density at radius 3 is 1.87 bits per heavy atom. The first-order valence-corrected chi connectivity index (χ1v) is 12.3. The van der Waals surface area contributed by atoms with Gasteiger partial charge in [-0.3, -0.25) is 9.59 Å². The quantitative estimate of drug-likeness (QED) is 0.190. The number of allylic oxidation sites excluding steroid dienone is 1. The Kier molecular flexibility index (Phi) is 15.4. The molecule has 1 aliphatic carbocycles. The Labute approximate surface area is 183 Å². The van der Waals surface area contributed by atoms with Gasteiger partial charge in [-0.1, -0.05) is 77.4 Å². The molecule has 0 aromatic rings. The molecule has 0 amide bonds. The molecular weight excluding hydrogens is 380 g/mol. The summed E-state index contributed by atoms with van der Waals surface area (Å²) in [7, 11) is 0. The molecule has 0 heterocycles. The van der Waals surface area contributed by atoms with Crippen molar-refractivity contribution in [3.8, 4) is 0 Å². The van der Waals surface area contributed by atoms with E-state index in [9.17, 15) is 9.59 Å². The Bertz CT molecular complexity index is 488. The lowest BCUT2D eigenvalue weighted by Gasteiger charge is -2.34. The van der Waals surface area contributed by atoms with Gasteiger partial charge in [-0.2, -0.15) is 0 Å². The topological polar surface area (TPSA) is 72.8 Å². The molecule has 30 heavy (non-hydrogen) atoms. The van der Waals surface area contributed by atoms with Gasteiger partial charge in [0.25, 0.3) is 0 Å². The van der Waals surface area contributed by atoms with E-state index in [1.807, 2.05) is 6.08 Å². The normalized spacial score (nSPS) is 21.6. The molecule has 5 heteroatoms. The minimum absolute atomic E-state index is 0.00909. The molecule has 0 radical (unpaired) electrons. The number of carbonyl (C=O) groups is 2. The van der Waals surface area contributed by atoms with Crippen molar-refractivity contribution < 1.29 is 24.2 Å². The van der Waals surface area contributed by atoms with E-state index in [0.29, 0.717) is 25.7 Å². The number of hydrogen-bond acceptors (Lipinski definition) is 5. The highest BCUT2D eigenvalue weighted by molar-refractivity contribution is 5.70. The van der Waals surface area contributed by atoms with E-state index in [2.05, 4.69) is 13.8 Å². The molecule has 0 bridgehead atoms. The Hall–Kier alpha value is -1.36. The molecule has 3 atom stereocenters. The van der Waals surface area contributed by atoms with E-state index in [0.717, 1.165) is 44.9 Å². The van der Waals surface area contributed by atoms with Crippen LogP contribution in [0.2, 0.25) is 0 Å². The van der Waals surface area contributed by atoms with Crippen LogP contribution in [0.5, 0.6) is 0 Å². The predicted octanol–water partition coefficient (Wildman–Crippen LogP) is 5.88. The van der Waals surface area contributed by atoms with E-state index in [4.69, 9.17) is 14.6 Å². The minimum atomic E-state index is -0.390. The monoisotopic (exact) mass is 424 g/mol. The largest absolute Gasteiger partial charge is 0.458 e. The summed E-state index contributed by atoms with van der Waals surface area (Å²) in [6, 6.07) is 0. The van der Waals surface area contributed by atoms with E-state index in [-0.39, 0.29) is 36.7 Å². The SMILES string of the molecule is CCCCCCCC(=O)O[C@H]1CC(/C=C/CO)CC[C@H]1OC(=O)CCCCCCC. The number of carbonyl (C=O) groups excluding carboxylic acids is 2. The Morgan fingerprint density at radius 2 is 1.33 bits per heavy atom. The van der Waals surface area contributed by atoms with Crippen LogP contribution in [0, 0.1) is 5.92 Å². The smallest absolute Gasteiger partial charge is 0.306 e. The summed E-state index contributed by atoms with van der Waals surface area (Å²) < 4.78 is 11.5. The number of aliphatic hydroxyl groups is 1. The summed E-state index contributed by atoms with van der Waals surface area (Å²) in [5.41, 5.74) is 0. The molecular formula is C25H44O5. The lowest BCUT2D eigenvalue weighted by molar-refractivity contribution is -0.173. The maximum Gasteiger partial charge on any atom is 0.306 e. The summed E-state index contributed by atoms with van der Waals surface area (Å²) in [4.78, 5) is 24.6. The van der Waals surface area contributed by atoms with Gasteiger partial charge in [0.2, 0.25) is 0 Å². The third kappa shape index (κ3) is 12.4. The number of aliphatic hydroxyl groups excluding tert-OH is 1. The maximum absolute atomic E-state index is 12.3. The standard InChI is InChI=1S/C25H44O5/c1-3-5-7-9-11-15-24(27)29-22-18-17-21(14-13-19-26)20-23(22)30-25(28)16-12-10-8-6-4-2/h13-14,21-23,26H,3-12,15-20H2,1-2H3/b14-13+/t21?,22-,23+/m1/s1. The number of esters is 2. The van der Waals surface area contributed by atoms with E-state index >= 15 is 0 Å². The summed E-state index contributed by atoms with van der Waals surface area (Å²) in [5, 5.41) is 9.03. The van der Waals surface area contributed by atoms with Crippen molar-refractivity contribution in [3.05, 3.63) is 12.2 Å².